The number of para-hydroxylation sites is 1. The van der Waals surface area contributed by atoms with Gasteiger partial charge in [0, 0.05) is 6.61 Å². The maximum atomic E-state index is 11.5. The van der Waals surface area contributed by atoms with E-state index in [0.717, 1.165) is 12.8 Å². The van der Waals surface area contributed by atoms with Crippen molar-refractivity contribution >= 4 is 11.9 Å². The first-order valence-electron chi connectivity index (χ1n) is 6.45. The second-order valence-corrected chi connectivity index (χ2v) is 4.47. The second kappa shape index (κ2) is 6.91. The highest BCUT2D eigenvalue weighted by Gasteiger charge is 2.18. The van der Waals surface area contributed by atoms with Gasteiger partial charge in [0.15, 0.2) is 6.61 Å². The summed E-state index contributed by atoms with van der Waals surface area (Å²) < 4.78 is 15.6. The quantitative estimate of drug-likeness (QED) is 0.781. The lowest BCUT2D eigenvalue weighted by molar-refractivity contribution is -0.149. The van der Waals surface area contributed by atoms with Crippen molar-refractivity contribution < 1.29 is 23.8 Å². The molecule has 6 nitrogen and oxygen atoms in total. The largest absolute Gasteiger partial charge is 0.481 e. The molecule has 6 heteroatoms. The van der Waals surface area contributed by atoms with E-state index < -0.39 is 11.9 Å². The van der Waals surface area contributed by atoms with Crippen LogP contribution in [-0.4, -0.2) is 37.8 Å². The topological polar surface area (TPSA) is 87.9 Å². The van der Waals surface area contributed by atoms with Crippen molar-refractivity contribution in [3.63, 3.8) is 0 Å². The highest BCUT2D eigenvalue weighted by molar-refractivity contribution is 5.95. The van der Waals surface area contributed by atoms with Gasteiger partial charge < -0.3 is 19.9 Å². The Bertz CT molecular complexity index is 482. The van der Waals surface area contributed by atoms with Gasteiger partial charge in [-0.1, -0.05) is 12.1 Å². The summed E-state index contributed by atoms with van der Waals surface area (Å²) in [5, 5.41) is 0. The SMILES string of the molecule is NC(=O)c1ccccc1OCC(=O)OC[C@H]1CCCO1. The lowest BCUT2D eigenvalue weighted by Gasteiger charge is -2.11. The molecular weight excluding hydrogens is 262 g/mol. The lowest BCUT2D eigenvalue weighted by atomic mass is 10.2. The number of esters is 1. The standard InChI is InChI=1S/C14H17NO5/c15-14(17)11-5-1-2-6-12(11)19-9-13(16)20-8-10-4-3-7-18-10/h1-2,5-6,10H,3-4,7-9H2,(H2,15,17)/t10-/m1/s1. The molecule has 2 rings (SSSR count). The van der Waals surface area contributed by atoms with E-state index in [2.05, 4.69) is 0 Å². The van der Waals surface area contributed by atoms with Gasteiger partial charge in [-0.15, -0.1) is 0 Å². The van der Waals surface area contributed by atoms with Crippen LogP contribution in [0.25, 0.3) is 0 Å². The van der Waals surface area contributed by atoms with E-state index in [1.54, 1.807) is 18.2 Å². The van der Waals surface area contributed by atoms with Crippen LogP contribution in [0.3, 0.4) is 0 Å². The van der Waals surface area contributed by atoms with Crippen molar-refractivity contribution in [2.75, 3.05) is 19.8 Å². The molecule has 1 aliphatic heterocycles. The number of primary amides is 1. The van der Waals surface area contributed by atoms with E-state index in [-0.39, 0.29) is 30.6 Å². The van der Waals surface area contributed by atoms with Crippen LogP contribution in [-0.2, 0) is 14.3 Å². The molecule has 2 N–H and O–H groups in total. The molecule has 1 atom stereocenters. The second-order valence-electron chi connectivity index (χ2n) is 4.47. The first kappa shape index (κ1) is 14.3. The number of amides is 1. The maximum Gasteiger partial charge on any atom is 0.344 e. The van der Waals surface area contributed by atoms with Crippen LogP contribution in [0.2, 0.25) is 0 Å². The fourth-order valence-corrected chi connectivity index (χ4v) is 1.94. The van der Waals surface area contributed by atoms with Crippen LogP contribution >= 0.6 is 0 Å². The molecule has 108 valence electrons. The van der Waals surface area contributed by atoms with Gasteiger partial charge in [0.2, 0.25) is 0 Å². The molecule has 1 fully saturated rings. The lowest BCUT2D eigenvalue weighted by Crippen LogP contribution is -2.22. The average molecular weight is 279 g/mol. The summed E-state index contributed by atoms with van der Waals surface area (Å²) in [6.07, 6.45) is 1.88. The highest BCUT2D eigenvalue weighted by Crippen LogP contribution is 2.17. The highest BCUT2D eigenvalue weighted by atomic mass is 16.6. The summed E-state index contributed by atoms with van der Waals surface area (Å²) in [6, 6.07) is 6.48. The predicted octanol–water partition coefficient (Wildman–Crippen LogP) is 0.886. The molecular formula is C14H17NO5. The fourth-order valence-electron chi connectivity index (χ4n) is 1.94. The normalized spacial score (nSPS) is 17.7. The zero-order valence-corrected chi connectivity index (χ0v) is 11.0. The van der Waals surface area contributed by atoms with Gasteiger partial charge in [0.1, 0.15) is 12.4 Å². The minimum absolute atomic E-state index is 0.0168. The van der Waals surface area contributed by atoms with Crippen LogP contribution in [0.4, 0.5) is 0 Å². The first-order valence-corrected chi connectivity index (χ1v) is 6.45. The van der Waals surface area contributed by atoms with Gasteiger partial charge in [0.05, 0.1) is 11.7 Å². The third-order valence-electron chi connectivity index (χ3n) is 2.95. The van der Waals surface area contributed by atoms with Crippen LogP contribution in [0, 0.1) is 0 Å². The number of hydrogen-bond acceptors (Lipinski definition) is 5. The smallest absolute Gasteiger partial charge is 0.344 e. The summed E-state index contributed by atoms with van der Waals surface area (Å²) in [5.41, 5.74) is 5.45. The third-order valence-corrected chi connectivity index (χ3v) is 2.95. The monoisotopic (exact) mass is 279 g/mol. The molecule has 1 heterocycles. The number of benzene rings is 1. The van der Waals surface area contributed by atoms with E-state index in [1.807, 2.05) is 0 Å². The Labute approximate surface area is 116 Å². The Morgan fingerprint density at radius 3 is 2.85 bits per heavy atom. The Hall–Kier alpha value is -2.08. The van der Waals surface area contributed by atoms with Crippen molar-refractivity contribution in [2.45, 2.75) is 18.9 Å². The predicted molar refractivity (Wildman–Crippen MR) is 70.4 cm³/mol. The van der Waals surface area contributed by atoms with Gasteiger partial charge in [-0.3, -0.25) is 4.79 Å². The summed E-state index contributed by atoms with van der Waals surface area (Å²) in [5.74, 6) is -0.831. The van der Waals surface area contributed by atoms with Crippen molar-refractivity contribution in [3.8, 4) is 5.75 Å². The average Bonchev–Trinajstić information content (AvgIpc) is 2.96. The molecule has 0 bridgehead atoms. The molecule has 1 amide bonds. The van der Waals surface area contributed by atoms with Gasteiger partial charge in [-0.05, 0) is 25.0 Å². The number of carbonyl (C=O) groups is 2. The van der Waals surface area contributed by atoms with Crippen LogP contribution in [0.15, 0.2) is 24.3 Å². The minimum Gasteiger partial charge on any atom is -0.481 e. The maximum absolute atomic E-state index is 11.5. The summed E-state index contributed by atoms with van der Waals surface area (Å²) in [7, 11) is 0. The number of carbonyl (C=O) groups excluding carboxylic acids is 2. The van der Waals surface area contributed by atoms with Gasteiger partial charge >= 0.3 is 5.97 Å². The van der Waals surface area contributed by atoms with E-state index in [9.17, 15) is 9.59 Å². The summed E-state index contributed by atoms with van der Waals surface area (Å²) in [6.45, 7) is 0.682. The molecule has 0 spiro atoms. The molecule has 1 aliphatic rings. The van der Waals surface area contributed by atoms with Crippen LogP contribution in [0.1, 0.15) is 23.2 Å². The van der Waals surface area contributed by atoms with E-state index in [0.29, 0.717) is 6.61 Å². The zero-order chi connectivity index (χ0) is 14.4. The number of nitrogens with two attached hydrogens (primary N) is 1. The molecule has 1 saturated heterocycles. The van der Waals surface area contributed by atoms with E-state index in [1.165, 1.54) is 6.07 Å². The summed E-state index contributed by atoms with van der Waals surface area (Å²) >= 11 is 0. The molecule has 1 aromatic rings. The number of rotatable bonds is 6. The van der Waals surface area contributed by atoms with E-state index in [4.69, 9.17) is 19.9 Å². The molecule has 0 radical (unpaired) electrons. The molecule has 20 heavy (non-hydrogen) atoms. The Morgan fingerprint density at radius 2 is 2.15 bits per heavy atom. The fraction of sp³-hybridized carbons (Fsp3) is 0.429. The minimum atomic E-state index is -0.603. The molecule has 0 unspecified atom stereocenters. The molecule has 1 aromatic carbocycles. The van der Waals surface area contributed by atoms with Gasteiger partial charge in [-0.25, -0.2) is 4.79 Å². The van der Waals surface area contributed by atoms with Crippen molar-refractivity contribution in [1.82, 2.24) is 0 Å². The Balaban J connectivity index is 1.79. The Morgan fingerprint density at radius 1 is 1.35 bits per heavy atom. The molecule has 0 saturated carbocycles. The third kappa shape index (κ3) is 3.96. The van der Waals surface area contributed by atoms with Gasteiger partial charge in [0.25, 0.3) is 5.91 Å². The van der Waals surface area contributed by atoms with Crippen LogP contribution in [0.5, 0.6) is 5.75 Å². The van der Waals surface area contributed by atoms with Crippen molar-refractivity contribution in [1.29, 1.82) is 0 Å². The van der Waals surface area contributed by atoms with Crippen molar-refractivity contribution in [2.24, 2.45) is 5.73 Å². The molecule has 0 aliphatic carbocycles. The van der Waals surface area contributed by atoms with Gasteiger partial charge in [-0.2, -0.15) is 0 Å². The van der Waals surface area contributed by atoms with Crippen LogP contribution < -0.4 is 10.5 Å². The zero-order valence-electron chi connectivity index (χ0n) is 11.0. The Kier molecular flexibility index (Phi) is 4.95. The molecule has 0 aromatic heterocycles. The number of hydrogen-bond donors (Lipinski definition) is 1. The van der Waals surface area contributed by atoms with Crippen molar-refractivity contribution in [3.05, 3.63) is 29.8 Å². The number of ether oxygens (including phenoxy) is 3. The summed E-state index contributed by atoms with van der Waals surface area (Å²) in [4.78, 5) is 22.7. The van der Waals surface area contributed by atoms with E-state index >= 15 is 0 Å². The first-order chi connectivity index (χ1) is 9.66.